The van der Waals surface area contributed by atoms with Crippen LogP contribution in [0, 0.1) is 0 Å². The van der Waals surface area contributed by atoms with E-state index in [2.05, 4.69) is 30.6 Å². The molecule has 1 aliphatic rings. The summed E-state index contributed by atoms with van der Waals surface area (Å²) in [7, 11) is 0. The highest BCUT2D eigenvalue weighted by Crippen LogP contribution is 2.17. The first-order valence-electron chi connectivity index (χ1n) is 6.32. The first-order valence-corrected chi connectivity index (χ1v) is 6.32. The molecule has 88 valence electrons. The van der Waals surface area contributed by atoms with Gasteiger partial charge in [0.25, 0.3) is 0 Å². The van der Waals surface area contributed by atoms with E-state index >= 15 is 0 Å². The van der Waals surface area contributed by atoms with Gasteiger partial charge in [0.1, 0.15) is 0 Å². The first-order chi connectivity index (χ1) is 7.24. The lowest BCUT2D eigenvalue weighted by atomic mass is 10.2. The summed E-state index contributed by atoms with van der Waals surface area (Å²) in [6.45, 7) is 11.6. The minimum Gasteiger partial charge on any atom is -0.313 e. The molecular formula is C13H26N2. The molecule has 1 N–H and O–H groups in total. The van der Waals surface area contributed by atoms with Crippen LogP contribution < -0.4 is 5.32 Å². The van der Waals surface area contributed by atoms with Gasteiger partial charge in [-0.1, -0.05) is 18.9 Å². The Bertz CT molecular complexity index is 171. The molecule has 0 radical (unpaired) electrons. The Balaban J connectivity index is 2.12. The fourth-order valence-electron chi connectivity index (χ4n) is 2.27. The van der Waals surface area contributed by atoms with E-state index in [0.717, 1.165) is 25.7 Å². The largest absolute Gasteiger partial charge is 0.313 e. The van der Waals surface area contributed by atoms with Gasteiger partial charge in [-0.15, -0.1) is 6.58 Å². The number of nitrogens with one attached hydrogen (secondary N) is 1. The molecule has 1 saturated carbocycles. The van der Waals surface area contributed by atoms with Crippen molar-refractivity contribution in [2.75, 3.05) is 19.6 Å². The van der Waals surface area contributed by atoms with Crippen molar-refractivity contribution >= 4 is 0 Å². The van der Waals surface area contributed by atoms with Crippen molar-refractivity contribution in [1.29, 1.82) is 0 Å². The van der Waals surface area contributed by atoms with Gasteiger partial charge in [0.2, 0.25) is 0 Å². The maximum atomic E-state index is 3.81. The summed E-state index contributed by atoms with van der Waals surface area (Å²) in [5.41, 5.74) is 0. The van der Waals surface area contributed by atoms with Gasteiger partial charge < -0.3 is 5.32 Å². The average molecular weight is 210 g/mol. The van der Waals surface area contributed by atoms with Crippen molar-refractivity contribution in [1.82, 2.24) is 10.2 Å². The van der Waals surface area contributed by atoms with Crippen molar-refractivity contribution in [3.8, 4) is 0 Å². The van der Waals surface area contributed by atoms with E-state index in [1.807, 2.05) is 6.08 Å². The second kappa shape index (κ2) is 7.02. The molecule has 0 heterocycles. The number of rotatable bonds is 7. The molecule has 1 fully saturated rings. The van der Waals surface area contributed by atoms with Crippen LogP contribution in [0.4, 0.5) is 0 Å². The SMILES string of the molecule is C=CCN(CCNC1CCCC1)C(C)C. The zero-order valence-electron chi connectivity index (χ0n) is 10.3. The van der Waals surface area contributed by atoms with Crippen molar-refractivity contribution in [3.05, 3.63) is 12.7 Å². The summed E-state index contributed by atoms with van der Waals surface area (Å²) in [5, 5.41) is 3.65. The lowest BCUT2D eigenvalue weighted by Gasteiger charge is -2.25. The first kappa shape index (κ1) is 12.7. The molecule has 0 amide bonds. The summed E-state index contributed by atoms with van der Waals surface area (Å²) in [6, 6.07) is 1.41. The molecule has 1 aliphatic carbocycles. The highest BCUT2D eigenvalue weighted by molar-refractivity contribution is 4.78. The fraction of sp³-hybridized carbons (Fsp3) is 0.846. The summed E-state index contributed by atoms with van der Waals surface area (Å²) in [5.74, 6) is 0. The molecule has 15 heavy (non-hydrogen) atoms. The van der Waals surface area contributed by atoms with Crippen molar-refractivity contribution in [3.63, 3.8) is 0 Å². The highest BCUT2D eigenvalue weighted by Gasteiger charge is 2.14. The molecule has 0 aromatic carbocycles. The molecule has 0 aromatic heterocycles. The van der Waals surface area contributed by atoms with Crippen LogP contribution in [-0.2, 0) is 0 Å². The van der Waals surface area contributed by atoms with E-state index in [0.29, 0.717) is 6.04 Å². The van der Waals surface area contributed by atoms with Crippen LogP contribution in [0.15, 0.2) is 12.7 Å². The summed E-state index contributed by atoms with van der Waals surface area (Å²) < 4.78 is 0. The van der Waals surface area contributed by atoms with Gasteiger partial charge in [-0.3, -0.25) is 4.90 Å². The molecule has 0 spiro atoms. The topological polar surface area (TPSA) is 15.3 Å². The summed E-state index contributed by atoms with van der Waals surface area (Å²) in [4.78, 5) is 2.45. The van der Waals surface area contributed by atoms with Gasteiger partial charge in [0, 0.05) is 31.7 Å². The molecule has 2 heteroatoms. The minimum atomic E-state index is 0.619. The third kappa shape index (κ3) is 4.80. The minimum absolute atomic E-state index is 0.619. The van der Waals surface area contributed by atoms with E-state index < -0.39 is 0 Å². The molecular weight excluding hydrogens is 184 g/mol. The van der Waals surface area contributed by atoms with E-state index in [9.17, 15) is 0 Å². The quantitative estimate of drug-likeness (QED) is 0.649. The molecule has 0 unspecified atom stereocenters. The Morgan fingerprint density at radius 1 is 1.40 bits per heavy atom. The third-order valence-electron chi connectivity index (χ3n) is 3.28. The predicted octanol–water partition coefficient (Wildman–Crippen LogP) is 2.42. The van der Waals surface area contributed by atoms with E-state index in [-0.39, 0.29) is 0 Å². The Morgan fingerprint density at radius 3 is 2.60 bits per heavy atom. The number of nitrogens with zero attached hydrogens (tertiary/aromatic N) is 1. The van der Waals surface area contributed by atoms with E-state index in [1.165, 1.54) is 25.7 Å². The second-order valence-corrected chi connectivity index (χ2v) is 4.81. The molecule has 0 aliphatic heterocycles. The predicted molar refractivity (Wildman–Crippen MR) is 67.2 cm³/mol. The number of hydrogen-bond acceptors (Lipinski definition) is 2. The molecule has 1 rings (SSSR count). The van der Waals surface area contributed by atoms with Gasteiger partial charge in [-0.25, -0.2) is 0 Å². The van der Waals surface area contributed by atoms with Crippen LogP contribution in [0.3, 0.4) is 0 Å². The summed E-state index contributed by atoms with van der Waals surface area (Å²) >= 11 is 0. The highest BCUT2D eigenvalue weighted by atomic mass is 15.2. The van der Waals surface area contributed by atoms with Crippen LogP contribution in [0.1, 0.15) is 39.5 Å². The Kier molecular flexibility index (Phi) is 5.96. The maximum Gasteiger partial charge on any atom is 0.0163 e. The average Bonchev–Trinajstić information content (AvgIpc) is 2.69. The molecule has 0 bridgehead atoms. The lowest BCUT2D eigenvalue weighted by Crippen LogP contribution is -2.39. The van der Waals surface area contributed by atoms with E-state index in [4.69, 9.17) is 0 Å². The van der Waals surface area contributed by atoms with Gasteiger partial charge >= 0.3 is 0 Å². The Labute approximate surface area is 94.7 Å². The zero-order valence-corrected chi connectivity index (χ0v) is 10.3. The van der Waals surface area contributed by atoms with Gasteiger partial charge in [-0.2, -0.15) is 0 Å². The second-order valence-electron chi connectivity index (χ2n) is 4.81. The van der Waals surface area contributed by atoms with Crippen LogP contribution in [0.2, 0.25) is 0 Å². The van der Waals surface area contributed by atoms with E-state index in [1.54, 1.807) is 0 Å². The van der Waals surface area contributed by atoms with Crippen molar-refractivity contribution in [2.24, 2.45) is 0 Å². The molecule has 0 aromatic rings. The van der Waals surface area contributed by atoms with Crippen molar-refractivity contribution < 1.29 is 0 Å². The summed E-state index contributed by atoms with van der Waals surface area (Å²) in [6.07, 6.45) is 7.58. The number of hydrogen-bond donors (Lipinski definition) is 1. The van der Waals surface area contributed by atoms with Crippen molar-refractivity contribution in [2.45, 2.75) is 51.6 Å². The standard InChI is InChI=1S/C13H26N2/c1-4-10-15(12(2)3)11-9-14-13-7-5-6-8-13/h4,12-14H,1,5-11H2,2-3H3. The molecule has 0 saturated heterocycles. The van der Waals surface area contributed by atoms with Gasteiger partial charge in [0.15, 0.2) is 0 Å². The molecule has 0 atom stereocenters. The van der Waals surface area contributed by atoms with Gasteiger partial charge in [0.05, 0.1) is 0 Å². The zero-order chi connectivity index (χ0) is 11.1. The smallest absolute Gasteiger partial charge is 0.0163 e. The normalized spacial score (nSPS) is 17.9. The fourth-order valence-corrected chi connectivity index (χ4v) is 2.27. The van der Waals surface area contributed by atoms with Gasteiger partial charge in [-0.05, 0) is 26.7 Å². The maximum absolute atomic E-state index is 3.81. The van der Waals surface area contributed by atoms with Crippen LogP contribution in [-0.4, -0.2) is 36.6 Å². The third-order valence-corrected chi connectivity index (χ3v) is 3.28. The van der Waals surface area contributed by atoms with Crippen LogP contribution in [0.25, 0.3) is 0 Å². The Hall–Kier alpha value is -0.340. The molecule has 2 nitrogen and oxygen atoms in total. The monoisotopic (exact) mass is 210 g/mol. The lowest BCUT2D eigenvalue weighted by molar-refractivity contribution is 0.242. The van der Waals surface area contributed by atoms with Crippen LogP contribution in [0.5, 0.6) is 0 Å². The Morgan fingerprint density at radius 2 is 2.07 bits per heavy atom. The van der Waals surface area contributed by atoms with Crippen LogP contribution >= 0.6 is 0 Å².